The largest absolute Gasteiger partial charge is 0.280 e. The Labute approximate surface area is 150 Å². The van der Waals surface area contributed by atoms with E-state index < -0.39 is 14.9 Å². The minimum Gasteiger partial charge on any atom is -0.280 e. The van der Waals surface area contributed by atoms with Crippen molar-refractivity contribution < 1.29 is 13.3 Å². The van der Waals surface area contributed by atoms with Gasteiger partial charge in [-0.2, -0.15) is 5.10 Å². The zero-order chi connectivity index (χ0) is 18.7. The van der Waals surface area contributed by atoms with Gasteiger partial charge in [0.05, 0.1) is 16.7 Å². The standard InChI is InChI=1S/C17H16N4O4S/c1-2-20-12-15(11-18-20)26(24,25)19-14-9-7-13(8-10-14)16-5-3-4-6-17(16)21(22)23/h3-12,19H,2H2,1H3. The molecule has 134 valence electrons. The van der Waals surface area contributed by atoms with Gasteiger partial charge < -0.3 is 0 Å². The van der Waals surface area contributed by atoms with E-state index in [4.69, 9.17) is 0 Å². The molecule has 0 aliphatic rings. The first kappa shape index (κ1) is 17.6. The second kappa shape index (κ2) is 6.96. The number of hydrogen-bond donors (Lipinski definition) is 1. The van der Waals surface area contributed by atoms with Gasteiger partial charge in [0, 0.05) is 24.5 Å². The molecule has 0 spiro atoms. The molecule has 0 aliphatic carbocycles. The van der Waals surface area contributed by atoms with E-state index in [2.05, 4.69) is 9.82 Å². The lowest BCUT2D eigenvalue weighted by molar-refractivity contribution is -0.384. The van der Waals surface area contributed by atoms with Gasteiger partial charge in [-0.25, -0.2) is 8.42 Å². The number of nitro groups is 1. The molecule has 3 rings (SSSR count). The number of rotatable bonds is 6. The molecule has 2 aromatic carbocycles. The van der Waals surface area contributed by atoms with E-state index in [9.17, 15) is 18.5 Å². The summed E-state index contributed by atoms with van der Waals surface area (Å²) in [5.41, 5.74) is 1.44. The van der Waals surface area contributed by atoms with Crippen molar-refractivity contribution in [2.24, 2.45) is 0 Å². The average molecular weight is 372 g/mol. The minimum absolute atomic E-state index is 0.00666. The van der Waals surface area contributed by atoms with Crippen molar-refractivity contribution >= 4 is 21.4 Å². The van der Waals surface area contributed by atoms with Gasteiger partial charge in [-0.1, -0.05) is 24.3 Å². The summed E-state index contributed by atoms with van der Waals surface area (Å²) in [5.74, 6) is 0. The molecule has 0 aliphatic heterocycles. The van der Waals surface area contributed by atoms with Crippen LogP contribution in [0.15, 0.2) is 65.8 Å². The Morgan fingerprint density at radius 2 is 1.85 bits per heavy atom. The van der Waals surface area contributed by atoms with Crippen LogP contribution in [0.1, 0.15) is 6.92 Å². The zero-order valence-electron chi connectivity index (χ0n) is 13.9. The molecule has 9 heteroatoms. The van der Waals surface area contributed by atoms with E-state index >= 15 is 0 Å². The van der Waals surface area contributed by atoms with Crippen LogP contribution >= 0.6 is 0 Å². The average Bonchev–Trinajstić information content (AvgIpc) is 3.12. The van der Waals surface area contributed by atoms with Crippen LogP contribution < -0.4 is 4.72 Å². The molecule has 1 heterocycles. The Balaban J connectivity index is 1.85. The van der Waals surface area contributed by atoms with Gasteiger partial charge in [0.25, 0.3) is 15.7 Å². The van der Waals surface area contributed by atoms with E-state index in [1.54, 1.807) is 42.5 Å². The molecule has 0 fully saturated rings. The lowest BCUT2D eigenvalue weighted by Crippen LogP contribution is -2.12. The number of nitrogens with one attached hydrogen (secondary N) is 1. The molecule has 0 atom stereocenters. The molecule has 0 amide bonds. The molecular formula is C17H16N4O4S. The summed E-state index contributed by atoms with van der Waals surface area (Å²) < 4.78 is 28.7. The number of nitro benzene ring substituents is 1. The number of sulfonamides is 1. The number of aryl methyl sites for hydroxylation is 1. The van der Waals surface area contributed by atoms with Crippen LogP contribution in [-0.2, 0) is 16.6 Å². The molecule has 0 bridgehead atoms. The first-order chi connectivity index (χ1) is 12.4. The highest BCUT2D eigenvalue weighted by Crippen LogP contribution is 2.30. The van der Waals surface area contributed by atoms with Gasteiger partial charge in [-0.15, -0.1) is 0 Å². The van der Waals surface area contributed by atoms with Gasteiger partial charge in [0.2, 0.25) is 0 Å². The Bertz CT molecular complexity index is 1040. The molecule has 1 N–H and O–H groups in total. The number of anilines is 1. The second-order valence-electron chi connectivity index (χ2n) is 5.49. The normalized spacial score (nSPS) is 11.3. The van der Waals surface area contributed by atoms with E-state index in [0.29, 0.717) is 23.4 Å². The molecule has 0 saturated carbocycles. The van der Waals surface area contributed by atoms with E-state index in [1.165, 1.54) is 23.1 Å². The fourth-order valence-electron chi connectivity index (χ4n) is 2.47. The summed E-state index contributed by atoms with van der Waals surface area (Å²) >= 11 is 0. The first-order valence-electron chi connectivity index (χ1n) is 7.80. The van der Waals surface area contributed by atoms with Crippen LogP contribution in [0.5, 0.6) is 0 Å². The molecule has 1 aromatic heterocycles. The van der Waals surface area contributed by atoms with Crippen molar-refractivity contribution in [2.75, 3.05) is 4.72 Å². The molecule has 3 aromatic rings. The molecule has 0 unspecified atom stereocenters. The van der Waals surface area contributed by atoms with Gasteiger partial charge in [0.1, 0.15) is 4.90 Å². The van der Waals surface area contributed by atoms with Crippen molar-refractivity contribution in [2.45, 2.75) is 18.4 Å². The maximum atomic E-state index is 12.4. The Hall–Kier alpha value is -3.20. The summed E-state index contributed by atoms with van der Waals surface area (Å²) in [5, 5.41) is 15.1. The highest BCUT2D eigenvalue weighted by molar-refractivity contribution is 7.92. The van der Waals surface area contributed by atoms with Crippen molar-refractivity contribution in [1.29, 1.82) is 0 Å². The maximum Gasteiger partial charge on any atom is 0.277 e. The van der Waals surface area contributed by atoms with E-state index in [0.717, 1.165) is 0 Å². The molecular weight excluding hydrogens is 356 g/mol. The van der Waals surface area contributed by atoms with Crippen LogP contribution in [0.25, 0.3) is 11.1 Å². The van der Waals surface area contributed by atoms with Crippen molar-refractivity contribution in [3.8, 4) is 11.1 Å². The van der Waals surface area contributed by atoms with Crippen molar-refractivity contribution in [3.05, 3.63) is 71.0 Å². The molecule has 0 saturated heterocycles. The Morgan fingerprint density at radius 3 is 2.46 bits per heavy atom. The maximum absolute atomic E-state index is 12.4. The lowest BCUT2D eigenvalue weighted by atomic mass is 10.0. The Morgan fingerprint density at radius 1 is 1.15 bits per heavy atom. The fourth-order valence-corrected chi connectivity index (χ4v) is 3.48. The van der Waals surface area contributed by atoms with Gasteiger partial charge >= 0.3 is 0 Å². The fraction of sp³-hybridized carbons (Fsp3) is 0.118. The van der Waals surface area contributed by atoms with Crippen molar-refractivity contribution in [1.82, 2.24) is 9.78 Å². The SMILES string of the molecule is CCn1cc(S(=O)(=O)Nc2ccc(-c3ccccc3[N+](=O)[O-])cc2)cn1. The topological polar surface area (TPSA) is 107 Å². The zero-order valence-corrected chi connectivity index (χ0v) is 14.7. The van der Waals surface area contributed by atoms with Gasteiger partial charge in [-0.3, -0.25) is 19.5 Å². The molecule has 8 nitrogen and oxygen atoms in total. The lowest BCUT2D eigenvalue weighted by Gasteiger charge is -2.08. The highest BCUT2D eigenvalue weighted by atomic mass is 32.2. The summed E-state index contributed by atoms with van der Waals surface area (Å²) in [6.07, 6.45) is 2.73. The smallest absolute Gasteiger partial charge is 0.277 e. The predicted molar refractivity (Wildman–Crippen MR) is 97.2 cm³/mol. The number of benzene rings is 2. The predicted octanol–water partition coefficient (Wildman–Crippen LogP) is 3.28. The number of para-hydroxylation sites is 1. The first-order valence-corrected chi connectivity index (χ1v) is 9.28. The third-order valence-electron chi connectivity index (χ3n) is 3.79. The summed E-state index contributed by atoms with van der Waals surface area (Å²) in [4.78, 5) is 10.8. The second-order valence-corrected chi connectivity index (χ2v) is 7.17. The van der Waals surface area contributed by atoms with Crippen LogP contribution in [0.4, 0.5) is 11.4 Å². The third kappa shape index (κ3) is 3.57. The number of nitrogens with zero attached hydrogens (tertiary/aromatic N) is 3. The van der Waals surface area contributed by atoms with Crippen molar-refractivity contribution in [3.63, 3.8) is 0 Å². The minimum atomic E-state index is -3.74. The van der Waals surface area contributed by atoms with Gasteiger partial charge in [0.15, 0.2) is 0 Å². The summed E-state index contributed by atoms with van der Waals surface area (Å²) in [6, 6.07) is 12.8. The van der Waals surface area contributed by atoms with Crippen LogP contribution in [0.3, 0.4) is 0 Å². The van der Waals surface area contributed by atoms with Crippen LogP contribution in [-0.4, -0.2) is 23.1 Å². The quantitative estimate of drug-likeness (QED) is 0.528. The third-order valence-corrected chi connectivity index (χ3v) is 5.13. The number of hydrogen-bond acceptors (Lipinski definition) is 5. The number of aromatic nitrogens is 2. The molecule has 26 heavy (non-hydrogen) atoms. The highest BCUT2D eigenvalue weighted by Gasteiger charge is 2.17. The van der Waals surface area contributed by atoms with E-state index in [-0.39, 0.29) is 10.6 Å². The van der Waals surface area contributed by atoms with Crippen LogP contribution in [0.2, 0.25) is 0 Å². The summed E-state index contributed by atoms with van der Waals surface area (Å²) in [6.45, 7) is 2.43. The van der Waals surface area contributed by atoms with Crippen LogP contribution in [0, 0.1) is 10.1 Å². The van der Waals surface area contributed by atoms with Gasteiger partial charge in [-0.05, 0) is 30.7 Å². The monoisotopic (exact) mass is 372 g/mol. The summed E-state index contributed by atoms with van der Waals surface area (Å²) in [7, 11) is -3.74. The van der Waals surface area contributed by atoms with E-state index in [1.807, 2.05) is 6.92 Å². The Kier molecular flexibility index (Phi) is 4.72. The molecule has 0 radical (unpaired) electrons.